The second kappa shape index (κ2) is 11.6. The number of pyridine rings is 1. The van der Waals surface area contributed by atoms with E-state index >= 15 is 0 Å². The molecule has 0 bridgehead atoms. The first-order valence-electron chi connectivity index (χ1n) is 12.5. The van der Waals surface area contributed by atoms with E-state index in [-0.39, 0.29) is 29.8 Å². The van der Waals surface area contributed by atoms with Crippen LogP contribution in [0.25, 0.3) is 11.3 Å². The minimum absolute atomic E-state index is 0.00505. The first-order chi connectivity index (χ1) is 17.7. The maximum absolute atomic E-state index is 13.7. The van der Waals surface area contributed by atoms with E-state index in [0.717, 1.165) is 24.8 Å². The fourth-order valence-corrected chi connectivity index (χ4v) is 4.23. The largest absolute Gasteiger partial charge is 0.493 e. The predicted octanol–water partition coefficient (Wildman–Crippen LogP) is 5.85. The van der Waals surface area contributed by atoms with Gasteiger partial charge in [0, 0.05) is 17.5 Å². The molecule has 6 nitrogen and oxygen atoms in total. The van der Waals surface area contributed by atoms with Crippen LogP contribution in [0.3, 0.4) is 0 Å². The van der Waals surface area contributed by atoms with Crippen molar-refractivity contribution in [2.75, 3.05) is 13.7 Å². The molecule has 1 saturated carbocycles. The monoisotopic (exact) mass is 526 g/mol. The predicted molar refractivity (Wildman–Crippen MR) is 142 cm³/mol. The van der Waals surface area contributed by atoms with Crippen molar-refractivity contribution in [3.05, 3.63) is 76.2 Å². The van der Waals surface area contributed by atoms with Crippen molar-refractivity contribution in [3.63, 3.8) is 0 Å². The van der Waals surface area contributed by atoms with E-state index in [9.17, 15) is 14.3 Å². The molecule has 196 valence electrons. The van der Waals surface area contributed by atoms with Crippen LogP contribution < -0.4 is 15.2 Å². The van der Waals surface area contributed by atoms with Crippen LogP contribution >= 0.6 is 11.6 Å². The van der Waals surface area contributed by atoms with E-state index in [4.69, 9.17) is 26.8 Å². The van der Waals surface area contributed by atoms with Crippen LogP contribution in [-0.4, -0.2) is 35.6 Å². The number of carbonyl (C=O) groups is 1. The molecule has 1 unspecified atom stereocenters. The van der Waals surface area contributed by atoms with E-state index in [1.54, 1.807) is 38.3 Å². The lowest BCUT2D eigenvalue weighted by molar-refractivity contribution is 0.0397. The summed E-state index contributed by atoms with van der Waals surface area (Å²) < 4.78 is 25.0. The first kappa shape index (κ1) is 27.0. The van der Waals surface area contributed by atoms with Crippen molar-refractivity contribution < 1.29 is 23.8 Å². The number of rotatable bonds is 12. The highest BCUT2D eigenvalue weighted by Gasteiger charge is 2.28. The molecule has 8 heteroatoms. The van der Waals surface area contributed by atoms with Gasteiger partial charge in [0.15, 0.2) is 17.3 Å². The van der Waals surface area contributed by atoms with Crippen LogP contribution in [0.4, 0.5) is 4.39 Å². The molecule has 1 atom stereocenters. The van der Waals surface area contributed by atoms with Crippen molar-refractivity contribution in [3.8, 4) is 22.8 Å². The number of carbonyl (C=O) groups excluding carboxylic acids is 1. The maximum atomic E-state index is 13.7. The van der Waals surface area contributed by atoms with Crippen LogP contribution in [0.1, 0.15) is 60.6 Å². The zero-order valence-corrected chi connectivity index (χ0v) is 21.9. The van der Waals surface area contributed by atoms with E-state index in [0.29, 0.717) is 47.0 Å². The third-order valence-corrected chi connectivity index (χ3v) is 6.75. The minimum atomic E-state index is -1.38. The third kappa shape index (κ3) is 6.86. The summed E-state index contributed by atoms with van der Waals surface area (Å²) in [5, 5.41) is 11.4. The molecule has 2 aromatic carbocycles. The Labute approximate surface area is 221 Å². The minimum Gasteiger partial charge on any atom is -0.493 e. The fourth-order valence-electron chi connectivity index (χ4n) is 4.05. The molecule has 4 rings (SSSR count). The topological polar surface area (TPSA) is 94.7 Å². The normalized spacial score (nSPS) is 14.8. The lowest BCUT2D eigenvalue weighted by Crippen LogP contribution is -2.24. The molecule has 1 aromatic heterocycles. The zero-order chi connectivity index (χ0) is 26.6. The summed E-state index contributed by atoms with van der Waals surface area (Å²) in [6.07, 6.45) is 3.98. The average Bonchev–Trinajstić information content (AvgIpc) is 3.71. The SMILES string of the molecule is COc1cc(C(=O)CCC(C)(O)c2cc(CCCN)cc(-c3ccc(F)c(Cl)c3)n2)ccc1OC1CC1. The summed E-state index contributed by atoms with van der Waals surface area (Å²) in [7, 11) is 1.54. The highest BCUT2D eigenvalue weighted by molar-refractivity contribution is 6.31. The number of aliphatic hydroxyl groups is 1. The van der Waals surface area contributed by atoms with Gasteiger partial charge in [-0.25, -0.2) is 9.37 Å². The highest BCUT2D eigenvalue weighted by Crippen LogP contribution is 2.35. The Hall–Kier alpha value is -3.00. The zero-order valence-electron chi connectivity index (χ0n) is 21.1. The summed E-state index contributed by atoms with van der Waals surface area (Å²) in [5.41, 5.74) is 7.37. The number of benzene rings is 2. The van der Waals surface area contributed by atoms with Gasteiger partial charge < -0.3 is 20.3 Å². The van der Waals surface area contributed by atoms with Gasteiger partial charge in [-0.3, -0.25) is 4.79 Å². The second-order valence-electron chi connectivity index (χ2n) is 9.65. The smallest absolute Gasteiger partial charge is 0.163 e. The van der Waals surface area contributed by atoms with Crippen LogP contribution in [0.2, 0.25) is 5.02 Å². The Morgan fingerprint density at radius 2 is 1.97 bits per heavy atom. The molecule has 37 heavy (non-hydrogen) atoms. The molecule has 1 fully saturated rings. The van der Waals surface area contributed by atoms with Gasteiger partial charge in [0.2, 0.25) is 0 Å². The molecule has 0 saturated heterocycles. The summed E-state index contributed by atoms with van der Waals surface area (Å²) in [4.78, 5) is 17.7. The second-order valence-corrected chi connectivity index (χ2v) is 10.1. The molecule has 1 aliphatic carbocycles. The van der Waals surface area contributed by atoms with E-state index in [1.165, 1.54) is 12.1 Å². The molecule has 1 heterocycles. The number of methoxy groups -OCH3 is 1. The molecular weight excluding hydrogens is 495 g/mol. The van der Waals surface area contributed by atoms with E-state index in [2.05, 4.69) is 4.98 Å². The van der Waals surface area contributed by atoms with Crippen molar-refractivity contribution in [1.29, 1.82) is 0 Å². The van der Waals surface area contributed by atoms with Crippen LogP contribution in [0.5, 0.6) is 11.5 Å². The molecule has 0 amide bonds. The van der Waals surface area contributed by atoms with Crippen molar-refractivity contribution in [1.82, 2.24) is 4.98 Å². The molecule has 0 radical (unpaired) electrons. The van der Waals surface area contributed by atoms with Gasteiger partial charge in [0.1, 0.15) is 11.4 Å². The number of nitrogens with two attached hydrogens (primary N) is 1. The average molecular weight is 527 g/mol. The number of aryl methyl sites for hydroxylation is 1. The van der Waals surface area contributed by atoms with Crippen LogP contribution in [0, 0.1) is 5.82 Å². The third-order valence-electron chi connectivity index (χ3n) is 6.46. The first-order valence-corrected chi connectivity index (χ1v) is 12.8. The number of ketones is 1. The van der Waals surface area contributed by atoms with Gasteiger partial charge >= 0.3 is 0 Å². The number of halogens is 2. The Kier molecular flexibility index (Phi) is 8.47. The highest BCUT2D eigenvalue weighted by atomic mass is 35.5. The van der Waals surface area contributed by atoms with Gasteiger partial charge in [-0.05, 0) is 99.7 Å². The molecule has 0 spiro atoms. The number of hydrogen-bond donors (Lipinski definition) is 2. The molecular formula is C29H32ClFN2O4. The Bertz CT molecular complexity index is 1280. The van der Waals surface area contributed by atoms with Gasteiger partial charge in [0.05, 0.1) is 29.6 Å². The lowest BCUT2D eigenvalue weighted by atomic mass is 9.91. The molecule has 0 aliphatic heterocycles. The summed E-state index contributed by atoms with van der Waals surface area (Å²) >= 11 is 6.00. The van der Waals surface area contributed by atoms with Crippen molar-refractivity contribution in [2.45, 2.75) is 57.2 Å². The Morgan fingerprint density at radius 1 is 1.19 bits per heavy atom. The number of nitrogens with zero attached hydrogens (tertiary/aromatic N) is 1. The fraction of sp³-hybridized carbons (Fsp3) is 0.379. The maximum Gasteiger partial charge on any atom is 0.163 e. The number of Topliss-reactive ketones (excluding diaryl/α,β-unsaturated/α-hetero) is 1. The van der Waals surface area contributed by atoms with Gasteiger partial charge in [-0.1, -0.05) is 11.6 Å². The van der Waals surface area contributed by atoms with Gasteiger partial charge in [-0.15, -0.1) is 0 Å². The van der Waals surface area contributed by atoms with Gasteiger partial charge in [0.25, 0.3) is 0 Å². The van der Waals surface area contributed by atoms with E-state index < -0.39 is 11.4 Å². The Morgan fingerprint density at radius 3 is 2.65 bits per heavy atom. The Balaban J connectivity index is 1.54. The summed E-state index contributed by atoms with van der Waals surface area (Å²) in [6.45, 7) is 2.16. The standard InChI is InChI=1S/C29H32ClFN2O4/c1-29(35,12-11-25(34)20-6-10-26(27(17-20)36-2)37-21-7-8-21)28-15-18(4-3-13-32)14-24(33-28)19-5-9-23(31)22(30)16-19/h5-6,9-10,14-17,21,35H,3-4,7-8,11-13,32H2,1-2H3. The van der Waals surface area contributed by atoms with Crippen LogP contribution in [-0.2, 0) is 12.0 Å². The van der Waals surface area contributed by atoms with Crippen molar-refractivity contribution >= 4 is 17.4 Å². The van der Waals surface area contributed by atoms with Crippen LogP contribution in [0.15, 0.2) is 48.5 Å². The van der Waals surface area contributed by atoms with Crippen molar-refractivity contribution in [2.24, 2.45) is 5.73 Å². The molecule has 1 aliphatic rings. The quantitative estimate of drug-likeness (QED) is 0.287. The summed E-state index contributed by atoms with van der Waals surface area (Å²) in [6, 6.07) is 13.3. The summed E-state index contributed by atoms with van der Waals surface area (Å²) in [5.74, 6) is 0.502. The number of hydrogen-bond acceptors (Lipinski definition) is 6. The molecule has 3 aromatic rings. The number of ether oxygens (including phenoxy) is 2. The lowest BCUT2D eigenvalue weighted by Gasteiger charge is -2.24. The number of aromatic nitrogens is 1. The molecule has 3 N–H and O–H groups in total. The van der Waals surface area contributed by atoms with E-state index in [1.807, 2.05) is 12.1 Å². The van der Waals surface area contributed by atoms with Gasteiger partial charge in [-0.2, -0.15) is 0 Å².